The van der Waals surface area contributed by atoms with Gasteiger partial charge in [0, 0.05) is 5.56 Å². The lowest BCUT2D eigenvalue weighted by Gasteiger charge is -2.30. The molecule has 3 aromatic rings. The number of carboxylic acids is 2. The van der Waals surface area contributed by atoms with Crippen LogP contribution in [0.2, 0.25) is 0 Å². The zero-order valence-corrected chi connectivity index (χ0v) is 25.5. The number of aliphatic hydroxyl groups is 4. The number of aromatic carboxylic acids is 2. The summed E-state index contributed by atoms with van der Waals surface area (Å²) >= 11 is 0. The van der Waals surface area contributed by atoms with Crippen LogP contribution in [-0.2, 0) is 23.6 Å². The first-order valence-electron chi connectivity index (χ1n) is 13.8. The third kappa shape index (κ3) is 11.1. The summed E-state index contributed by atoms with van der Waals surface area (Å²) in [5.41, 5.74) is 1.70. The molecule has 1 aliphatic heterocycles. The zero-order valence-electron chi connectivity index (χ0n) is 24.6. The van der Waals surface area contributed by atoms with Crippen molar-refractivity contribution in [2.75, 3.05) is 45.8 Å². The minimum Gasteiger partial charge on any atom is -0.478 e. The smallest absolute Gasteiger partial charge is 0.335 e. The van der Waals surface area contributed by atoms with Gasteiger partial charge < -0.3 is 44.6 Å². The second-order valence-electron chi connectivity index (χ2n) is 9.33. The molecule has 0 bridgehead atoms. The van der Waals surface area contributed by atoms with Crippen LogP contribution in [0.3, 0.4) is 0 Å². The van der Waals surface area contributed by atoms with E-state index in [4.69, 9.17) is 44.6 Å². The number of esters is 2. The van der Waals surface area contributed by atoms with Crippen molar-refractivity contribution in [3.8, 4) is 16.9 Å². The molecule has 248 valence electrons. The Bertz CT molecular complexity index is 1470. The molecule has 2 atom stereocenters. The quantitative estimate of drug-likeness (QED) is 0.120. The summed E-state index contributed by atoms with van der Waals surface area (Å²) < 4.78 is 29.7. The third-order valence-corrected chi connectivity index (χ3v) is 8.61. The maximum absolute atomic E-state index is 13.9. The van der Waals surface area contributed by atoms with Crippen molar-refractivity contribution >= 4 is 36.6 Å². The van der Waals surface area contributed by atoms with Gasteiger partial charge in [-0.25, -0.2) is 9.59 Å². The average Bonchev–Trinajstić information content (AvgIpc) is 3.06. The number of carboxylic acid groups (broad SMARTS) is 2. The van der Waals surface area contributed by atoms with Gasteiger partial charge in [-0.05, 0) is 42.0 Å². The Morgan fingerprint density at radius 3 is 1.70 bits per heavy atom. The molecule has 0 fully saturated rings. The molecule has 0 aromatic heterocycles. The van der Waals surface area contributed by atoms with E-state index >= 15 is 0 Å². The number of carbonyl (C=O) groups excluding carboxylic acids is 2. The minimum absolute atomic E-state index is 0.0833. The maximum atomic E-state index is 13.9. The first-order chi connectivity index (χ1) is 22.0. The molecule has 0 aliphatic carbocycles. The Morgan fingerprint density at radius 2 is 1.17 bits per heavy atom. The summed E-state index contributed by atoms with van der Waals surface area (Å²) in [5.74, 6) is -4.30. The van der Waals surface area contributed by atoms with E-state index < -0.39 is 37.2 Å². The normalized spacial score (nSPS) is 14.7. The number of carbonyl (C=O) groups is 4. The molecule has 0 saturated heterocycles. The highest BCUT2D eigenvalue weighted by Crippen LogP contribution is 2.55. The van der Waals surface area contributed by atoms with Gasteiger partial charge in [0.2, 0.25) is 0 Å². The predicted octanol–water partition coefficient (Wildman–Crippen LogP) is 1.78. The number of hydrogen-bond donors (Lipinski definition) is 6. The predicted molar refractivity (Wildman–Crippen MR) is 163 cm³/mol. The van der Waals surface area contributed by atoms with Crippen molar-refractivity contribution in [1.29, 1.82) is 0 Å². The third-order valence-electron chi connectivity index (χ3n) is 6.07. The molecular weight excluding hydrogens is 627 g/mol. The van der Waals surface area contributed by atoms with E-state index in [-0.39, 0.29) is 63.4 Å². The second kappa shape index (κ2) is 19.0. The summed E-state index contributed by atoms with van der Waals surface area (Å²) in [6, 6.07) is 19.3. The number of fused-ring (bicyclic) bond motifs is 3. The number of ether oxygens (including phenoxy) is 2. The first kappa shape index (κ1) is 37.6. The van der Waals surface area contributed by atoms with E-state index in [9.17, 15) is 23.7 Å². The van der Waals surface area contributed by atoms with Crippen molar-refractivity contribution in [2.24, 2.45) is 5.92 Å². The fourth-order valence-electron chi connectivity index (χ4n) is 4.06. The van der Waals surface area contributed by atoms with Gasteiger partial charge in [0.05, 0.1) is 61.4 Å². The molecule has 1 heterocycles. The monoisotopic (exact) mass is 662 g/mol. The van der Waals surface area contributed by atoms with Crippen LogP contribution in [0.15, 0.2) is 72.8 Å². The fraction of sp³-hybridized carbons (Fsp3) is 0.290. The van der Waals surface area contributed by atoms with Gasteiger partial charge in [-0.1, -0.05) is 36.4 Å². The van der Waals surface area contributed by atoms with Crippen LogP contribution in [0.25, 0.3) is 11.1 Å². The fourth-order valence-corrected chi connectivity index (χ4v) is 6.64. The van der Waals surface area contributed by atoms with Gasteiger partial charge in [0.1, 0.15) is 19.0 Å². The van der Waals surface area contributed by atoms with Gasteiger partial charge in [-0.2, -0.15) is 0 Å². The van der Waals surface area contributed by atoms with Crippen LogP contribution in [0.4, 0.5) is 0 Å². The van der Waals surface area contributed by atoms with E-state index in [2.05, 4.69) is 0 Å². The molecule has 3 aromatic carbocycles. The van der Waals surface area contributed by atoms with E-state index in [1.54, 1.807) is 24.3 Å². The van der Waals surface area contributed by atoms with Crippen molar-refractivity contribution in [3.05, 3.63) is 83.9 Å². The molecule has 2 unspecified atom stereocenters. The summed E-state index contributed by atoms with van der Waals surface area (Å²) in [4.78, 5) is 45.2. The highest BCUT2D eigenvalue weighted by molar-refractivity contribution is 7.67. The molecule has 4 rings (SSSR count). The Hall–Kier alpha value is -4.59. The summed E-state index contributed by atoms with van der Waals surface area (Å²) in [5, 5.41) is 50.4. The van der Waals surface area contributed by atoms with Gasteiger partial charge in [0.15, 0.2) is 0 Å². The minimum atomic E-state index is -3.58. The van der Waals surface area contributed by atoms with E-state index in [0.717, 1.165) is 11.1 Å². The number of hydrogen-bond acceptors (Lipinski definition) is 12. The molecule has 0 amide bonds. The number of rotatable bonds is 12. The zero-order chi connectivity index (χ0) is 34.1. The molecule has 0 radical (unpaired) electrons. The van der Waals surface area contributed by atoms with E-state index in [1.807, 2.05) is 24.3 Å². The Labute approximate surface area is 263 Å². The Morgan fingerprint density at radius 1 is 0.674 bits per heavy atom. The molecular formula is C31H35O14P. The van der Waals surface area contributed by atoms with Crippen molar-refractivity contribution < 1.29 is 68.4 Å². The van der Waals surface area contributed by atoms with Crippen LogP contribution >= 0.6 is 7.37 Å². The topological polar surface area (TPSA) is 234 Å². The van der Waals surface area contributed by atoms with Crippen LogP contribution in [0, 0.1) is 5.92 Å². The summed E-state index contributed by atoms with van der Waals surface area (Å²) in [6.07, 6.45) is -0.655. The number of benzene rings is 3. The molecule has 0 spiro atoms. The lowest BCUT2D eigenvalue weighted by Crippen LogP contribution is -2.30. The number of para-hydroxylation sites is 1. The Kier molecular flexibility index (Phi) is 15.6. The lowest BCUT2D eigenvalue weighted by atomic mass is 10.0. The number of aliphatic hydroxyl groups excluding tert-OH is 4. The highest BCUT2D eigenvalue weighted by atomic mass is 31.2. The molecule has 46 heavy (non-hydrogen) atoms. The van der Waals surface area contributed by atoms with E-state index in [1.165, 1.54) is 24.3 Å². The molecule has 15 heteroatoms. The van der Waals surface area contributed by atoms with Crippen molar-refractivity contribution in [2.45, 2.75) is 6.42 Å². The lowest BCUT2D eigenvalue weighted by molar-refractivity contribution is -0.155. The van der Waals surface area contributed by atoms with Gasteiger partial charge in [-0.15, -0.1) is 0 Å². The Balaban J connectivity index is 0.000000380. The molecule has 6 N–H and O–H groups in total. The SMILES string of the molecule is O=C(CC(CP1(=O)Oc2ccccc2-c2ccccc21)C(=O)OCCO)OCCO.O=C(O)c1ccc(C(=O)O)cc1.OCCO. The highest BCUT2D eigenvalue weighted by Gasteiger charge is 2.41. The maximum Gasteiger partial charge on any atom is 0.335 e. The van der Waals surface area contributed by atoms with Crippen molar-refractivity contribution in [3.63, 3.8) is 0 Å². The average molecular weight is 663 g/mol. The molecule has 1 aliphatic rings. The second-order valence-corrected chi connectivity index (χ2v) is 11.7. The van der Waals surface area contributed by atoms with Crippen LogP contribution in [0.5, 0.6) is 5.75 Å². The van der Waals surface area contributed by atoms with E-state index in [0.29, 0.717) is 11.1 Å². The van der Waals surface area contributed by atoms with Crippen molar-refractivity contribution in [1.82, 2.24) is 0 Å². The molecule has 14 nitrogen and oxygen atoms in total. The summed E-state index contributed by atoms with van der Waals surface area (Å²) in [6.45, 7) is -1.43. The largest absolute Gasteiger partial charge is 0.478 e. The van der Waals surface area contributed by atoms with Crippen LogP contribution in [0.1, 0.15) is 27.1 Å². The first-order valence-corrected chi connectivity index (χ1v) is 15.6. The standard InChI is InChI=1S/C21H23O8P.C8H6O4.C2H6O2/c22-9-11-27-20(24)13-15(21(25)28-12-10-23)14-30(26)19-8-4-2-6-17(19)16-5-1-3-7-18(16)29-30;9-7(10)5-1-2-6(4-3-5)8(11)12;3-1-2-4/h1-8,15,22-23H,9-14H2;1-4H,(H,9,10)(H,11,12);3-4H,1-2H2. The van der Waals surface area contributed by atoms with Gasteiger partial charge >= 0.3 is 23.9 Å². The van der Waals surface area contributed by atoms with Gasteiger partial charge in [0.25, 0.3) is 7.37 Å². The van der Waals surface area contributed by atoms with Crippen LogP contribution < -0.4 is 9.83 Å². The molecule has 0 saturated carbocycles. The van der Waals surface area contributed by atoms with Crippen LogP contribution in [-0.4, -0.2) is 100 Å². The summed E-state index contributed by atoms with van der Waals surface area (Å²) in [7, 11) is -3.58. The van der Waals surface area contributed by atoms with Gasteiger partial charge in [-0.3, -0.25) is 14.2 Å².